The molecule has 7 heteroatoms. The van der Waals surface area contributed by atoms with Crippen LogP contribution in [0.3, 0.4) is 0 Å². The van der Waals surface area contributed by atoms with Gasteiger partial charge in [0.2, 0.25) is 0 Å². The Balaban J connectivity index is 2.26. The second-order valence-electron chi connectivity index (χ2n) is 5.21. The van der Waals surface area contributed by atoms with E-state index in [1.807, 2.05) is 0 Å². The minimum absolute atomic E-state index is 0.0510. The number of rotatable bonds is 3. The number of hydrogen-bond donors (Lipinski definition) is 3. The monoisotopic (exact) mass is 313 g/mol. The van der Waals surface area contributed by atoms with Crippen molar-refractivity contribution in [2.45, 2.75) is 37.6 Å². The molecule has 1 aliphatic rings. The third-order valence-electron chi connectivity index (χ3n) is 3.83. The van der Waals surface area contributed by atoms with Crippen molar-refractivity contribution >= 4 is 23.3 Å². The van der Waals surface area contributed by atoms with Crippen LogP contribution < -0.4 is 11.1 Å². The van der Waals surface area contributed by atoms with Gasteiger partial charge in [0.1, 0.15) is 11.4 Å². The number of oxime groups is 1. The highest BCUT2D eigenvalue weighted by Crippen LogP contribution is 2.29. The SMILES string of the molecule is N/C(=N/O)C1(NC(=O)c2ccc(Cl)cc2F)CCCCC1. The fourth-order valence-corrected chi connectivity index (χ4v) is 2.81. The van der Waals surface area contributed by atoms with Gasteiger partial charge in [0.25, 0.3) is 5.91 Å². The molecule has 1 aliphatic carbocycles. The molecule has 0 heterocycles. The molecule has 2 rings (SSSR count). The highest BCUT2D eigenvalue weighted by molar-refractivity contribution is 6.30. The van der Waals surface area contributed by atoms with Crippen molar-refractivity contribution in [2.75, 3.05) is 0 Å². The summed E-state index contributed by atoms with van der Waals surface area (Å²) in [5.74, 6) is -1.35. The van der Waals surface area contributed by atoms with Crippen LogP contribution in [0.15, 0.2) is 23.4 Å². The van der Waals surface area contributed by atoms with E-state index >= 15 is 0 Å². The third-order valence-corrected chi connectivity index (χ3v) is 4.07. The predicted octanol–water partition coefficient (Wildman–Crippen LogP) is 2.66. The molecule has 0 bridgehead atoms. The number of amides is 1. The maximum atomic E-state index is 13.8. The maximum absolute atomic E-state index is 13.8. The number of amidine groups is 1. The lowest BCUT2D eigenvalue weighted by Crippen LogP contribution is -2.58. The van der Waals surface area contributed by atoms with Crippen molar-refractivity contribution in [3.05, 3.63) is 34.6 Å². The van der Waals surface area contributed by atoms with Gasteiger partial charge in [-0.1, -0.05) is 36.0 Å². The third kappa shape index (κ3) is 3.26. The van der Waals surface area contributed by atoms with Crippen LogP contribution in [-0.2, 0) is 0 Å². The Hall–Kier alpha value is -1.82. The van der Waals surface area contributed by atoms with Crippen LogP contribution in [0.1, 0.15) is 42.5 Å². The summed E-state index contributed by atoms with van der Waals surface area (Å²) in [5.41, 5.74) is 4.71. The molecule has 0 aromatic heterocycles. The van der Waals surface area contributed by atoms with Gasteiger partial charge >= 0.3 is 0 Å². The maximum Gasteiger partial charge on any atom is 0.255 e. The fourth-order valence-electron chi connectivity index (χ4n) is 2.65. The molecule has 1 saturated carbocycles. The van der Waals surface area contributed by atoms with Crippen molar-refractivity contribution < 1.29 is 14.4 Å². The minimum Gasteiger partial charge on any atom is -0.409 e. The molecule has 0 aliphatic heterocycles. The number of nitrogens with two attached hydrogens (primary N) is 1. The molecule has 1 fully saturated rings. The average Bonchev–Trinajstić information content (AvgIpc) is 2.47. The minimum atomic E-state index is -0.920. The van der Waals surface area contributed by atoms with Crippen LogP contribution in [0, 0.1) is 5.82 Å². The first-order valence-corrected chi connectivity index (χ1v) is 7.12. The summed E-state index contributed by atoms with van der Waals surface area (Å²) in [6.07, 6.45) is 3.83. The van der Waals surface area contributed by atoms with Gasteiger partial charge in [0.15, 0.2) is 5.84 Å². The average molecular weight is 314 g/mol. The highest BCUT2D eigenvalue weighted by atomic mass is 35.5. The summed E-state index contributed by atoms with van der Waals surface area (Å²) >= 11 is 5.67. The molecular formula is C14H17ClFN3O2. The van der Waals surface area contributed by atoms with E-state index in [0.717, 1.165) is 25.3 Å². The van der Waals surface area contributed by atoms with Gasteiger partial charge in [0.05, 0.1) is 5.56 Å². The Kier molecular flexibility index (Phi) is 4.67. The Morgan fingerprint density at radius 2 is 2.05 bits per heavy atom. The Morgan fingerprint density at radius 1 is 1.38 bits per heavy atom. The molecular weight excluding hydrogens is 297 g/mol. The smallest absolute Gasteiger partial charge is 0.255 e. The van der Waals surface area contributed by atoms with Gasteiger partial charge in [0, 0.05) is 5.02 Å². The summed E-state index contributed by atoms with van der Waals surface area (Å²) < 4.78 is 13.8. The molecule has 0 radical (unpaired) electrons. The number of nitrogens with zero attached hydrogens (tertiary/aromatic N) is 1. The number of carbonyl (C=O) groups excluding carboxylic acids is 1. The topological polar surface area (TPSA) is 87.7 Å². The summed E-state index contributed by atoms with van der Waals surface area (Å²) in [6.45, 7) is 0. The zero-order chi connectivity index (χ0) is 15.5. The van der Waals surface area contributed by atoms with E-state index in [0.29, 0.717) is 12.8 Å². The van der Waals surface area contributed by atoms with E-state index in [9.17, 15) is 9.18 Å². The van der Waals surface area contributed by atoms with Crippen LogP contribution in [-0.4, -0.2) is 22.5 Å². The van der Waals surface area contributed by atoms with Crippen molar-refractivity contribution in [1.29, 1.82) is 0 Å². The standard InChI is InChI=1S/C14H17ClFN3O2/c15-9-4-5-10(11(16)8-9)12(20)18-14(13(17)19-21)6-2-1-3-7-14/h4-5,8,21H,1-3,6-7H2,(H2,17,19)(H,18,20). The van der Waals surface area contributed by atoms with E-state index in [1.165, 1.54) is 12.1 Å². The first-order valence-electron chi connectivity index (χ1n) is 6.74. The van der Waals surface area contributed by atoms with Crippen LogP contribution in [0.5, 0.6) is 0 Å². The van der Waals surface area contributed by atoms with Crippen molar-refractivity contribution in [2.24, 2.45) is 10.9 Å². The van der Waals surface area contributed by atoms with Crippen LogP contribution in [0.2, 0.25) is 5.02 Å². The zero-order valence-corrected chi connectivity index (χ0v) is 12.2. The molecule has 0 atom stereocenters. The number of nitrogens with one attached hydrogen (secondary N) is 1. The number of carbonyl (C=O) groups is 1. The van der Waals surface area contributed by atoms with Gasteiger partial charge in [-0.15, -0.1) is 0 Å². The van der Waals surface area contributed by atoms with E-state index in [2.05, 4.69) is 10.5 Å². The molecule has 1 aromatic carbocycles. The summed E-state index contributed by atoms with van der Waals surface area (Å²) in [7, 11) is 0. The van der Waals surface area contributed by atoms with Crippen LogP contribution in [0.25, 0.3) is 0 Å². The Morgan fingerprint density at radius 3 is 2.62 bits per heavy atom. The van der Waals surface area contributed by atoms with Gasteiger partial charge in [-0.05, 0) is 31.0 Å². The van der Waals surface area contributed by atoms with Gasteiger partial charge in [-0.2, -0.15) is 0 Å². The van der Waals surface area contributed by atoms with Crippen molar-refractivity contribution in [3.63, 3.8) is 0 Å². The zero-order valence-electron chi connectivity index (χ0n) is 11.4. The van der Waals surface area contributed by atoms with Crippen LogP contribution in [0.4, 0.5) is 4.39 Å². The summed E-state index contributed by atoms with van der Waals surface area (Å²) in [6, 6.07) is 3.83. The molecule has 0 saturated heterocycles. The largest absolute Gasteiger partial charge is 0.409 e. The lowest BCUT2D eigenvalue weighted by Gasteiger charge is -2.36. The molecule has 0 spiro atoms. The Labute approximate surface area is 127 Å². The first-order chi connectivity index (χ1) is 9.98. The van der Waals surface area contributed by atoms with E-state index < -0.39 is 17.3 Å². The molecule has 1 amide bonds. The second-order valence-corrected chi connectivity index (χ2v) is 5.64. The second kappa shape index (κ2) is 6.30. The molecule has 0 unspecified atom stereocenters. The van der Waals surface area contributed by atoms with E-state index in [1.54, 1.807) is 0 Å². The van der Waals surface area contributed by atoms with E-state index in [4.69, 9.17) is 22.5 Å². The lowest BCUT2D eigenvalue weighted by molar-refractivity contribution is 0.0901. The van der Waals surface area contributed by atoms with Gasteiger partial charge < -0.3 is 16.3 Å². The quantitative estimate of drug-likeness (QED) is 0.347. The molecule has 21 heavy (non-hydrogen) atoms. The van der Waals surface area contributed by atoms with E-state index in [-0.39, 0.29) is 16.4 Å². The summed E-state index contributed by atoms with van der Waals surface area (Å²) in [5, 5.41) is 14.9. The van der Waals surface area contributed by atoms with Crippen molar-refractivity contribution in [3.8, 4) is 0 Å². The predicted molar refractivity (Wildman–Crippen MR) is 78.1 cm³/mol. The molecule has 1 aromatic rings. The van der Waals surface area contributed by atoms with Crippen LogP contribution >= 0.6 is 11.6 Å². The summed E-state index contributed by atoms with van der Waals surface area (Å²) in [4.78, 5) is 12.3. The number of benzene rings is 1. The Bertz CT molecular complexity index is 571. The number of hydrogen-bond acceptors (Lipinski definition) is 3. The van der Waals surface area contributed by atoms with Gasteiger partial charge in [-0.3, -0.25) is 4.79 Å². The fraction of sp³-hybridized carbons (Fsp3) is 0.429. The molecule has 114 valence electrons. The van der Waals surface area contributed by atoms with Gasteiger partial charge in [-0.25, -0.2) is 4.39 Å². The lowest BCUT2D eigenvalue weighted by atomic mass is 9.80. The number of halogens is 2. The highest BCUT2D eigenvalue weighted by Gasteiger charge is 2.38. The first kappa shape index (κ1) is 15.6. The van der Waals surface area contributed by atoms with Crippen molar-refractivity contribution in [1.82, 2.24) is 5.32 Å². The molecule has 5 nitrogen and oxygen atoms in total. The normalized spacial score (nSPS) is 18.3. The molecule has 4 N–H and O–H groups in total.